The number of nitrogens with zero attached hydrogens (tertiary/aromatic N) is 2. The second-order valence-corrected chi connectivity index (χ2v) is 3.02. The molecule has 1 aromatic carbocycles. The number of fused-ring (bicyclic) bond motifs is 1. The van der Waals surface area contributed by atoms with Gasteiger partial charge >= 0.3 is 0 Å². The molecule has 0 fully saturated rings. The lowest BCUT2D eigenvalue weighted by atomic mass is 10.2. The van der Waals surface area contributed by atoms with Gasteiger partial charge in [-0.1, -0.05) is 24.1 Å². The fourth-order valence-electron chi connectivity index (χ4n) is 1.31. The van der Waals surface area contributed by atoms with Gasteiger partial charge in [-0.3, -0.25) is 0 Å². The van der Waals surface area contributed by atoms with Crippen molar-refractivity contribution in [3.63, 3.8) is 0 Å². The number of hydrogen-bond donors (Lipinski definition) is 0. The van der Waals surface area contributed by atoms with E-state index < -0.39 is 0 Å². The molecule has 0 saturated carbocycles. The average molecular weight is 181 g/mol. The van der Waals surface area contributed by atoms with E-state index >= 15 is 0 Å². The van der Waals surface area contributed by atoms with E-state index in [4.69, 9.17) is 6.42 Å². The van der Waals surface area contributed by atoms with Crippen LogP contribution in [-0.2, 0) is 6.42 Å². The van der Waals surface area contributed by atoms with Crippen molar-refractivity contribution in [1.29, 1.82) is 0 Å². The number of hydrogen-bond acceptors (Lipinski definition) is 2. The molecule has 0 N–H and O–H groups in total. The molecule has 2 heteroatoms. The zero-order valence-electron chi connectivity index (χ0n) is 7.70. The van der Waals surface area contributed by atoms with Crippen LogP contribution in [0.25, 0.3) is 10.9 Å². The van der Waals surface area contributed by atoms with Crippen molar-refractivity contribution in [2.45, 2.75) is 12.8 Å². The van der Waals surface area contributed by atoms with E-state index in [1.54, 1.807) is 0 Å². The number of benzene rings is 1. The molecule has 0 unspecified atom stereocenters. The smallest absolute Gasteiger partial charge is 0.129 e. The van der Waals surface area contributed by atoms with Crippen LogP contribution in [0.3, 0.4) is 0 Å². The number of aromatic nitrogens is 2. The first kappa shape index (κ1) is 8.71. The van der Waals surface area contributed by atoms with Crippen LogP contribution in [0.15, 0.2) is 30.5 Å². The van der Waals surface area contributed by atoms with E-state index in [1.165, 1.54) is 0 Å². The number of aryl methyl sites for hydroxylation is 1. The largest absolute Gasteiger partial charge is 0.241 e. The second-order valence-electron chi connectivity index (χ2n) is 3.02. The summed E-state index contributed by atoms with van der Waals surface area (Å²) in [7, 11) is 0. The van der Waals surface area contributed by atoms with E-state index in [1.807, 2.05) is 30.5 Å². The first-order valence-electron chi connectivity index (χ1n) is 4.50. The summed E-state index contributed by atoms with van der Waals surface area (Å²) in [5, 5.41) is 1.05. The highest BCUT2D eigenvalue weighted by molar-refractivity contribution is 5.77. The van der Waals surface area contributed by atoms with Gasteiger partial charge in [-0.15, -0.1) is 0 Å². The predicted octanol–water partition coefficient (Wildman–Crippen LogP) is 2.15. The third-order valence-electron chi connectivity index (χ3n) is 2.01. The topological polar surface area (TPSA) is 25.8 Å². The summed E-state index contributed by atoms with van der Waals surface area (Å²) in [6, 6.07) is 7.88. The molecule has 0 atom stereocenters. The Morgan fingerprint density at radius 2 is 2.14 bits per heavy atom. The Labute approximate surface area is 83.0 Å². The Hall–Kier alpha value is -1.88. The Morgan fingerprint density at radius 1 is 1.29 bits per heavy atom. The lowest BCUT2D eigenvalue weighted by Gasteiger charge is -1.99. The van der Waals surface area contributed by atoms with E-state index in [0.29, 0.717) is 12.8 Å². The van der Waals surface area contributed by atoms with Crippen LogP contribution in [0.5, 0.6) is 0 Å². The van der Waals surface area contributed by atoms with Gasteiger partial charge in [-0.05, 0) is 12.5 Å². The summed E-state index contributed by atoms with van der Waals surface area (Å²) >= 11 is 0. The van der Waals surface area contributed by atoms with Crippen LogP contribution >= 0.6 is 0 Å². The predicted molar refractivity (Wildman–Crippen MR) is 55.0 cm³/mol. The first-order chi connectivity index (χ1) is 6.90. The highest BCUT2D eigenvalue weighted by Crippen LogP contribution is 2.09. The van der Waals surface area contributed by atoms with Crippen LogP contribution < -0.4 is 0 Å². The summed E-state index contributed by atoms with van der Waals surface area (Å²) in [6.07, 6.45) is 9.90. The van der Waals surface area contributed by atoms with Crippen molar-refractivity contribution < 1.29 is 0 Å². The zero-order chi connectivity index (χ0) is 9.80. The van der Waals surface area contributed by atoms with Gasteiger partial charge < -0.3 is 0 Å². The quantitative estimate of drug-likeness (QED) is 0.663. The van der Waals surface area contributed by atoms with Crippen molar-refractivity contribution in [2.75, 3.05) is 0 Å². The Bertz CT molecular complexity index is 483. The molecule has 0 bridgehead atoms. The molecule has 14 heavy (non-hydrogen) atoms. The molecular weight excluding hydrogens is 172 g/mol. The molecule has 1 aromatic heterocycles. The third kappa shape index (κ3) is 1.72. The van der Waals surface area contributed by atoms with Crippen LogP contribution in [-0.4, -0.2) is 9.97 Å². The van der Waals surface area contributed by atoms with Crippen molar-refractivity contribution >= 4 is 10.9 Å². The van der Waals surface area contributed by atoms with Crippen LogP contribution in [0.2, 0.25) is 0 Å². The number of rotatable bonds is 2. The molecule has 0 aliphatic rings. The Balaban J connectivity index is 2.37. The Morgan fingerprint density at radius 3 is 3.00 bits per heavy atom. The normalized spacial score (nSPS) is 9.93. The van der Waals surface area contributed by atoms with Gasteiger partial charge in [-0.2, -0.15) is 0 Å². The number of para-hydroxylation sites is 1. The second kappa shape index (κ2) is 3.89. The van der Waals surface area contributed by atoms with Gasteiger partial charge in [0.1, 0.15) is 5.82 Å². The van der Waals surface area contributed by atoms with E-state index in [0.717, 1.165) is 16.7 Å². The van der Waals surface area contributed by atoms with Gasteiger partial charge in [0, 0.05) is 24.4 Å². The summed E-state index contributed by atoms with van der Waals surface area (Å²) < 4.78 is 0. The van der Waals surface area contributed by atoms with E-state index in [-0.39, 0.29) is 0 Å². The van der Waals surface area contributed by atoms with Gasteiger partial charge in [0.15, 0.2) is 0 Å². The fraction of sp³-hybridized carbons (Fsp3) is 0.167. The molecule has 0 spiro atoms. The molecule has 0 saturated heterocycles. The minimum absolute atomic E-state index is 0.582. The van der Waals surface area contributed by atoms with Crippen LogP contribution in [0.4, 0.5) is 0 Å². The molecule has 2 aromatic rings. The molecule has 0 aliphatic heterocycles. The highest BCUT2D eigenvalue weighted by Gasteiger charge is 1.97. The standard InChI is InChI=1S/C12H9N2/c1-2-3-8-12-13-9-10-6-4-5-7-11(10)14-12/h4-7,9H,3,8H2. The monoisotopic (exact) mass is 181 g/mol. The van der Waals surface area contributed by atoms with Crippen molar-refractivity contribution in [1.82, 2.24) is 9.97 Å². The van der Waals surface area contributed by atoms with E-state index in [2.05, 4.69) is 15.9 Å². The van der Waals surface area contributed by atoms with Gasteiger partial charge in [-0.25, -0.2) is 9.97 Å². The molecule has 2 nitrogen and oxygen atoms in total. The molecule has 0 amide bonds. The molecular formula is C12H9N2. The highest BCUT2D eigenvalue weighted by atomic mass is 14.9. The molecule has 1 heterocycles. The summed E-state index contributed by atoms with van der Waals surface area (Å²) in [5.74, 6) is 3.12. The summed E-state index contributed by atoms with van der Waals surface area (Å²) in [4.78, 5) is 8.59. The minimum Gasteiger partial charge on any atom is -0.241 e. The molecule has 1 radical (unpaired) electrons. The average Bonchev–Trinajstić information content (AvgIpc) is 2.26. The van der Waals surface area contributed by atoms with Crippen molar-refractivity contribution in [2.24, 2.45) is 0 Å². The van der Waals surface area contributed by atoms with Crippen LogP contribution in [0.1, 0.15) is 12.2 Å². The maximum Gasteiger partial charge on any atom is 0.129 e. The summed E-state index contributed by atoms with van der Waals surface area (Å²) in [6.45, 7) is 0. The lowest BCUT2D eigenvalue weighted by Crippen LogP contribution is -1.94. The SMILES string of the molecule is [C]#CCCc1ncc2ccccc2n1. The maximum absolute atomic E-state index is 6.81. The fourth-order valence-corrected chi connectivity index (χ4v) is 1.31. The first-order valence-corrected chi connectivity index (χ1v) is 4.50. The van der Waals surface area contributed by atoms with Gasteiger partial charge in [0.05, 0.1) is 5.52 Å². The molecule has 0 aliphatic carbocycles. The minimum atomic E-state index is 0.582. The van der Waals surface area contributed by atoms with Crippen molar-refractivity contribution in [3.05, 3.63) is 42.7 Å². The lowest BCUT2D eigenvalue weighted by molar-refractivity contribution is 0.906. The van der Waals surface area contributed by atoms with Crippen molar-refractivity contribution in [3.8, 4) is 5.92 Å². The van der Waals surface area contributed by atoms with Gasteiger partial charge in [0.2, 0.25) is 0 Å². The molecule has 67 valence electrons. The van der Waals surface area contributed by atoms with Gasteiger partial charge in [0.25, 0.3) is 0 Å². The maximum atomic E-state index is 6.81. The summed E-state index contributed by atoms with van der Waals surface area (Å²) in [5.41, 5.74) is 0.961. The van der Waals surface area contributed by atoms with Crippen LogP contribution in [0, 0.1) is 12.3 Å². The van der Waals surface area contributed by atoms with E-state index in [9.17, 15) is 0 Å². The third-order valence-corrected chi connectivity index (χ3v) is 2.01. The Kier molecular flexibility index (Phi) is 2.42. The zero-order valence-corrected chi connectivity index (χ0v) is 7.70. The molecule has 2 rings (SSSR count).